The number of sulfonamides is 1. The van der Waals surface area contributed by atoms with E-state index in [9.17, 15) is 13.2 Å². The van der Waals surface area contributed by atoms with Gasteiger partial charge in [0.15, 0.2) is 0 Å². The molecule has 1 aromatic carbocycles. The molecule has 1 unspecified atom stereocenters. The summed E-state index contributed by atoms with van der Waals surface area (Å²) in [6.45, 7) is 2.73. The normalized spacial score (nSPS) is 19.7. The zero-order valence-corrected chi connectivity index (χ0v) is 12.2. The van der Waals surface area contributed by atoms with Crippen molar-refractivity contribution in [3.8, 4) is 0 Å². The van der Waals surface area contributed by atoms with Gasteiger partial charge in [-0.15, -0.1) is 0 Å². The summed E-state index contributed by atoms with van der Waals surface area (Å²) in [5.41, 5.74) is 3.89. The number of benzene rings is 1. The molecule has 2 rings (SSSR count). The molecule has 0 aliphatic carbocycles. The van der Waals surface area contributed by atoms with Crippen molar-refractivity contribution < 1.29 is 13.2 Å². The van der Waals surface area contributed by atoms with Gasteiger partial charge < -0.3 is 0 Å². The van der Waals surface area contributed by atoms with Crippen LogP contribution in [-0.2, 0) is 21.4 Å². The smallest absolute Gasteiger partial charge is 0.241 e. The minimum absolute atomic E-state index is 0.235. The van der Waals surface area contributed by atoms with Crippen molar-refractivity contribution in [3.63, 3.8) is 0 Å². The first-order valence-electron chi connectivity index (χ1n) is 6.51. The zero-order chi connectivity index (χ0) is 14.8. The first kappa shape index (κ1) is 15.0. The van der Waals surface area contributed by atoms with E-state index >= 15 is 0 Å². The van der Waals surface area contributed by atoms with Gasteiger partial charge in [-0.2, -0.15) is 4.31 Å². The van der Waals surface area contributed by atoms with Crippen LogP contribution in [-0.4, -0.2) is 30.9 Å². The molecule has 0 saturated carbocycles. The standard InChI is InChI=1S/C13H19N3O3S/c1-10(13(17)15-14)12-5-3-11(4-6-12)9-16-7-2-8-20(16,18)19/h3-6,10H,2,7-9,14H2,1H3,(H,15,17). The lowest BCUT2D eigenvalue weighted by atomic mass is 9.99. The number of nitrogens with one attached hydrogen (secondary N) is 1. The largest absolute Gasteiger partial charge is 0.294 e. The van der Waals surface area contributed by atoms with Crippen LogP contribution in [0.2, 0.25) is 0 Å². The number of hydrazine groups is 1. The average molecular weight is 297 g/mol. The van der Waals surface area contributed by atoms with Gasteiger partial charge in [-0.05, 0) is 24.5 Å². The topological polar surface area (TPSA) is 92.5 Å². The Morgan fingerprint density at radius 1 is 1.40 bits per heavy atom. The number of hydrogen-bond acceptors (Lipinski definition) is 4. The number of nitrogens with two attached hydrogens (primary N) is 1. The fraction of sp³-hybridized carbons (Fsp3) is 0.462. The summed E-state index contributed by atoms with van der Waals surface area (Å²) in [6, 6.07) is 7.36. The third-order valence-electron chi connectivity index (χ3n) is 3.58. The van der Waals surface area contributed by atoms with E-state index in [0.717, 1.165) is 11.1 Å². The van der Waals surface area contributed by atoms with Crippen molar-refractivity contribution in [3.05, 3.63) is 35.4 Å². The van der Waals surface area contributed by atoms with Crippen molar-refractivity contribution in [2.24, 2.45) is 5.84 Å². The summed E-state index contributed by atoms with van der Waals surface area (Å²) in [7, 11) is -3.08. The van der Waals surface area contributed by atoms with Gasteiger partial charge in [0.1, 0.15) is 0 Å². The van der Waals surface area contributed by atoms with E-state index in [-0.39, 0.29) is 17.6 Å². The van der Waals surface area contributed by atoms with Gasteiger partial charge in [0.25, 0.3) is 0 Å². The van der Waals surface area contributed by atoms with Crippen molar-refractivity contribution in [1.82, 2.24) is 9.73 Å². The lowest BCUT2D eigenvalue weighted by Gasteiger charge is -2.15. The van der Waals surface area contributed by atoms with Crippen LogP contribution in [0.1, 0.15) is 30.4 Å². The van der Waals surface area contributed by atoms with Crippen LogP contribution in [0.3, 0.4) is 0 Å². The van der Waals surface area contributed by atoms with Crippen molar-refractivity contribution in [2.45, 2.75) is 25.8 Å². The molecule has 1 amide bonds. The molecule has 1 aliphatic heterocycles. The zero-order valence-electron chi connectivity index (χ0n) is 11.4. The number of amides is 1. The molecular formula is C13H19N3O3S. The molecule has 0 aromatic heterocycles. The van der Waals surface area contributed by atoms with Gasteiger partial charge in [-0.3, -0.25) is 10.2 Å². The van der Waals surface area contributed by atoms with E-state index in [1.165, 1.54) is 4.31 Å². The highest BCUT2D eigenvalue weighted by Crippen LogP contribution is 2.20. The van der Waals surface area contributed by atoms with Crippen LogP contribution in [0, 0.1) is 0 Å². The van der Waals surface area contributed by atoms with Gasteiger partial charge in [0.2, 0.25) is 15.9 Å². The predicted octanol–water partition coefficient (Wildman–Crippen LogP) is 0.316. The average Bonchev–Trinajstić information content (AvgIpc) is 2.77. The van der Waals surface area contributed by atoms with E-state index in [1.54, 1.807) is 6.92 Å². The summed E-state index contributed by atoms with van der Waals surface area (Å²) < 4.78 is 25.0. The van der Waals surface area contributed by atoms with Gasteiger partial charge >= 0.3 is 0 Å². The Morgan fingerprint density at radius 2 is 2.05 bits per heavy atom. The Hall–Kier alpha value is -1.44. The number of nitrogens with zero attached hydrogens (tertiary/aromatic N) is 1. The molecule has 110 valence electrons. The van der Waals surface area contributed by atoms with Crippen LogP contribution < -0.4 is 11.3 Å². The highest BCUT2D eigenvalue weighted by molar-refractivity contribution is 7.89. The van der Waals surface area contributed by atoms with E-state index < -0.39 is 10.0 Å². The van der Waals surface area contributed by atoms with Crippen LogP contribution in [0.4, 0.5) is 0 Å². The molecule has 1 heterocycles. The SMILES string of the molecule is CC(C(=O)NN)c1ccc(CN2CCCS2(=O)=O)cc1. The molecule has 20 heavy (non-hydrogen) atoms. The molecule has 1 saturated heterocycles. The highest BCUT2D eigenvalue weighted by atomic mass is 32.2. The number of rotatable bonds is 4. The molecule has 3 N–H and O–H groups in total. The Balaban J connectivity index is 2.07. The summed E-state index contributed by atoms with van der Waals surface area (Å²) in [5.74, 6) is 4.76. The Kier molecular flexibility index (Phi) is 4.42. The molecule has 0 bridgehead atoms. The molecule has 0 radical (unpaired) electrons. The molecule has 6 nitrogen and oxygen atoms in total. The summed E-state index contributed by atoms with van der Waals surface area (Å²) in [5, 5.41) is 0. The molecule has 7 heteroatoms. The lowest BCUT2D eigenvalue weighted by molar-refractivity contribution is -0.122. The van der Waals surface area contributed by atoms with Crippen molar-refractivity contribution in [2.75, 3.05) is 12.3 Å². The molecule has 1 fully saturated rings. The second kappa shape index (κ2) is 5.90. The molecule has 0 spiro atoms. The second-order valence-corrected chi connectivity index (χ2v) is 7.06. The fourth-order valence-electron chi connectivity index (χ4n) is 2.26. The summed E-state index contributed by atoms with van der Waals surface area (Å²) in [6.07, 6.45) is 0.689. The lowest BCUT2D eigenvalue weighted by Crippen LogP contribution is -2.33. The van der Waals surface area contributed by atoms with Gasteiger partial charge in [-0.25, -0.2) is 14.3 Å². The molecule has 1 atom stereocenters. The van der Waals surface area contributed by atoms with Crippen LogP contribution in [0.5, 0.6) is 0 Å². The quantitative estimate of drug-likeness (QED) is 0.475. The maximum atomic E-state index is 11.7. The van der Waals surface area contributed by atoms with Crippen LogP contribution in [0.25, 0.3) is 0 Å². The first-order valence-corrected chi connectivity index (χ1v) is 8.12. The third-order valence-corrected chi connectivity index (χ3v) is 5.48. The van der Waals surface area contributed by atoms with E-state index in [2.05, 4.69) is 5.43 Å². The van der Waals surface area contributed by atoms with Gasteiger partial charge in [0, 0.05) is 13.1 Å². The Morgan fingerprint density at radius 3 is 2.55 bits per heavy atom. The minimum atomic E-state index is -3.08. The van der Waals surface area contributed by atoms with Crippen LogP contribution in [0.15, 0.2) is 24.3 Å². The number of carbonyl (C=O) groups is 1. The van der Waals surface area contributed by atoms with Gasteiger partial charge in [0.05, 0.1) is 11.7 Å². The van der Waals surface area contributed by atoms with E-state index in [1.807, 2.05) is 24.3 Å². The number of carbonyl (C=O) groups excluding carboxylic acids is 1. The monoisotopic (exact) mass is 297 g/mol. The van der Waals surface area contributed by atoms with E-state index in [4.69, 9.17) is 5.84 Å². The minimum Gasteiger partial charge on any atom is -0.294 e. The second-order valence-electron chi connectivity index (χ2n) is 4.97. The van der Waals surface area contributed by atoms with E-state index in [0.29, 0.717) is 19.5 Å². The third kappa shape index (κ3) is 3.17. The summed E-state index contributed by atoms with van der Waals surface area (Å²) >= 11 is 0. The fourth-order valence-corrected chi connectivity index (χ4v) is 3.77. The van der Waals surface area contributed by atoms with Crippen molar-refractivity contribution in [1.29, 1.82) is 0 Å². The van der Waals surface area contributed by atoms with Gasteiger partial charge in [-0.1, -0.05) is 24.3 Å². The number of hydrogen-bond donors (Lipinski definition) is 2. The first-order chi connectivity index (χ1) is 9.44. The summed E-state index contributed by atoms with van der Waals surface area (Å²) in [4.78, 5) is 11.4. The Bertz CT molecular complexity index is 583. The molecular weight excluding hydrogens is 278 g/mol. The maximum Gasteiger partial charge on any atom is 0.241 e. The molecule has 1 aliphatic rings. The van der Waals surface area contributed by atoms with Crippen molar-refractivity contribution >= 4 is 15.9 Å². The molecule has 1 aromatic rings. The maximum absolute atomic E-state index is 11.7. The van der Waals surface area contributed by atoms with Crippen LogP contribution >= 0.6 is 0 Å². The predicted molar refractivity (Wildman–Crippen MR) is 76.0 cm³/mol. The highest BCUT2D eigenvalue weighted by Gasteiger charge is 2.27. The Labute approximate surface area is 119 Å².